The summed E-state index contributed by atoms with van der Waals surface area (Å²) in [6.45, 7) is 4.66. The molecule has 3 heteroatoms. The zero-order chi connectivity index (χ0) is 19.8. The zero-order valence-electron chi connectivity index (χ0n) is 16.5. The second kappa shape index (κ2) is 9.75. The zero-order valence-corrected chi connectivity index (χ0v) is 16.5. The van der Waals surface area contributed by atoms with Gasteiger partial charge in [0.25, 0.3) is 5.91 Å². The van der Waals surface area contributed by atoms with Gasteiger partial charge in [-0.05, 0) is 55.7 Å². The highest BCUT2D eigenvalue weighted by molar-refractivity contribution is 5.94. The average molecular weight is 373 g/mol. The summed E-state index contributed by atoms with van der Waals surface area (Å²) in [4.78, 5) is 12.3. The molecule has 1 atom stereocenters. The summed E-state index contributed by atoms with van der Waals surface area (Å²) < 4.78 is 5.76. The third-order valence-electron chi connectivity index (χ3n) is 4.61. The molecule has 0 fully saturated rings. The fourth-order valence-corrected chi connectivity index (χ4v) is 3.28. The fraction of sp³-hybridized carbons (Fsp3) is 0.240. The summed E-state index contributed by atoms with van der Waals surface area (Å²) in [5.41, 5.74) is 3.15. The molecule has 0 saturated heterocycles. The number of benzene rings is 3. The van der Waals surface area contributed by atoms with Crippen LogP contribution in [0.2, 0.25) is 0 Å². The molecule has 3 nitrogen and oxygen atoms in total. The van der Waals surface area contributed by atoms with E-state index in [1.165, 1.54) is 11.1 Å². The molecule has 144 valence electrons. The lowest BCUT2D eigenvalue weighted by atomic mass is 9.88. The Hall–Kier alpha value is -3.07. The van der Waals surface area contributed by atoms with Crippen LogP contribution >= 0.6 is 0 Å². The molecule has 0 bridgehead atoms. The van der Waals surface area contributed by atoms with Crippen LogP contribution in [0.4, 0.5) is 0 Å². The summed E-state index contributed by atoms with van der Waals surface area (Å²) in [6, 6.07) is 28.0. The quantitative estimate of drug-likeness (QED) is 0.572. The van der Waals surface area contributed by atoms with Crippen LogP contribution in [0.1, 0.15) is 47.7 Å². The molecule has 0 heterocycles. The predicted molar refractivity (Wildman–Crippen MR) is 114 cm³/mol. The maximum atomic E-state index is 12.3. The highest BCUT2D eigenvalue weighted by atomic mass is 16.5. The van der Waals surface area contributed by atoms with Crippen molar-refractivity contribution in [2.24, 2.45) is 0 Å². The first-order valence-corrected chi connectivity index (χ1v) is 9.78. The topological polar surface area (TPSA) is 38.3 Å². The van der Waals surface area contributed by atoms with Gasteiger partial charge in [0.1, 0.15) is 5.75 Å². The van der Waals surface area contributed by atoms with Crippen LogP contribution in [0.3, 0.4) is 0 Å². The third-order valence-corrected chi connectivity index (χ3v) is 4.61. The molecular weight excluding hydrogens is 346 g/mol. The van der Waals surface area contributed by atoms with Gasteiger partial charge in [0.15, 0.2) is 0 Å². The molecule has 3 aromatic rings. The van der Waals surface area contributed by atoms with Gasteiger partial charge in [0.05, 0.1) is 6.10 Å². The van der Waals surface area contributed by atoms with E-state index in [1.807, 2.05) is 62.4 Å². The Morgan fingerprint density at radius 2 is 1.39 bits per heavy atom. The van der Waals surface area contributed by atoms with E-state index in [2.05, 4.69) is 41.7 Å². The van der Waals surface area contributed by atoms with E-state index in [0.29, 0.717) is 12.1 Å². The molecule has 0 aliphatic rings. The molecule has 0 aromatic heterocycles. The summed E-state index contributed by atoms with van der Waals surface area (Å²) in [7, 11) is 0. The lowest BCUT2D eigenvalue weighted by Crippen LogP contribution is -2.25. The number of nitrogens with one attached hydrogen (secondary N) is 1. The van der Waals surface area contributed by atoms with Gasteiger partial charge in [0.2, 0.25) is 0 Å². The highest BCUT2D eigenvalue weighted by Gasteiger charge is 2.15. The molecule has 1 amide bonds. The number of amides is 1. The minimum atomic E-state index is -0.0342. The van der Waals surface area contributed by atoms with Crippen molar-refractivity contribution < 1.29 is 9.53 Å². The predicted octanol–water partition coefficient (Wildman–Crippen LogP) is 5.43. The molecular formula is C25H27NO2. The number of ether oxygens (including phenoxy) is 1. The molecule has 3 rings (SSSR count). The Bertz CT molecular complexity index is 858. The molecule has 3 aromatic carbocycles. The van der Waals surface area contributed by atoms with Crippen molar-refractivity contribution in [1.82, 2.24) is 5.32 Å². The first kappa shape index (κ1) is 19.7. The van der Waals surface area contributed by atoms with Gasteiger partial charge >= 0.3 is 0 Å². The third kappa shape index (κ3) is 5.46. The summed E-state index contributed by atoms with van der Waals surface area (Å²) >= 11 is 0. The van der Waals surface area contributed by atoms with Crippen molar-refractivity contribution in [3.8, 4) is 5.75 Å². The first-order valence-electron chi connectivity index (χ1n) is 9.78. The Kier molecular flexibility index (Phi) is 6.85. The Labute approximate surface area is 167 Å². The molecule has 0 aliphatic carbocycles. The molecule has 28 heavy (non-hydrogen) atoms. The van der Waals surface area contributed by atoms with Crippen LogP contribution in [0.15, 0.2) is 84.9 Å². The standard InChI is InChI=1S/C25H27NO2/c1-19(2)28-23-15-13-21(14-16-23)24(20-9-5-3-6-10-20)17-18-26-25(27)22-11-7-4-8-12-22/h3-16,19,24H,17-18H2,1-2H3,(H,26,27)/t24-/m1/s1. The van der Waals surface area contributed by atoms with Gasteiger partial charge < -0.3 is 10.1 Å². The number of hydrogen-bond acceptors (Lipinski definition) is 2. The van der Waals surface area contributed by atoms with Crippen LogP contribution in [0.25, 0.3) is 0 Å². The second-order valence-electron chi connectivity index (χ2n) is 7.11. The van der Waals surface area contributed by atoms with Gasteiger partial charge in [-0.3, -0.25) is 4.79 Å². The first-order chi connectivity index (χ1) is 13.6. The summed E-state index contributed by atoms with van der Waals surface area (Å²) in [5, 5.41) is 3.04. The van der Waals surface area contributed by atoms with E-state index < -0.39 is 0 Å². The van der Waals surface area contributed by atoms with E-state index in [1.54, 1.807) is 0 Å². The van der Waals surface area contributed by atoms with E-state index in [0.717, 1.165) is 12.2 Å². The van der Waals surface area contributed by atoms with Crippen molar-refractivity contribution in [2.75, 3.05) is 6.54 Å². The monoisotopic (exact) mass is 373 g/mol. The summed E-state index contributed by atoms with van der Waals surface area (Å²) in [5.74, 6) is 1.06. The minimum Gasteiger partial charge on any atom is -0.491 e. The second-order valence-corrected chi connectivity index (χ2v) is 7.11. The van der Waals surface area contributed by atoms with E-state index in [9.17, 15) is 4.79 Å². The van der Waals surface area contributed by atoms with Gasteiger partial charge in [0, 0.05) is 18.0 Å². The van der Waals surface area contributed by atoms with E-state index in [4.69, 9.17) is 4.74 Å². The van der Waals surface area contributed by atoms with Crippen molar-refractivity contribution >= 4 is 5.91 Å². The smallest absolute Gasteiger partial charge is 0.251 e. The molecule has 0 saturated carbocycles. The number of carbonyl (C=O) groups is 1. The van der Waals surface area contributed by atoms with Crippen LogP contribution in [-0.4, -0.2) is 18.6 Å². The molecule has 0 aliphatic heterocycles. The van der Waals surface area contributed by atoms with Crippen LogP contribution in [0.5, 0.6) is 5.75 Å². The SMILES string of the molecule is CC(C)Oc1ccc([C@H](CCNC(=O)c2ccccc2)c2ccccc2)cc1. The van der Waals surface area contributed by atoms with Gasteiger partial charge in [-0.15, -0.1) is 0 Å². The molecule has 0 unspecified atom stereocenters. The Balaban J connectivity index is 1.70. The van der Waals surface area contributed by atoms with Gasteiger partial charge in [-0.1, -0.05) is 60.7 Å². The maximum Gasteiger partial charge on any atom is 0.251 e. The minimum absolute atomic E-state index is 0.0342. The van der Waals surface area contributed by atoms with Crippen molar-refractivity contribution in [3.63, 3.8) is 0 Å². The van der Waals surface area contributed by atoms with Crippen LogP contribution in [-0.2, 0) is 0 Å². The number of hydrogen-bond donors (Lipinski definition) is 1. The van der Waals surface area contributed by atoms with Crippen molar-refractivity contribution in [1.29, 1.82) is 0 Å². The van der Waals surface area contributed by atoms with Crippen LogP contribution < -0.4 is 10.1 Å². The maximum absolute atomic E-state index is 12.3. The largest absolute Gasteiger partial charge is 0.491 e. The molecule has 0 spiro atoms. The number of rotatable bonds is 8. The highest BCUT2D eigenvalue weighted by Crippen LogP contribution is 2.29. The average Bonchev–Trinajstić information content (AvgIpc) is 2.73. The molecule has 0 radical (unpaired) electrons. The van der Waals surface area contributed by atoms with Gasteiger partial charge in [-0.25, -0.2) is 0 Å². The molecule has 1 N–H and O–H groups in total. The summed E-state index contributed by atoms with van der Waals surface area (Å²) in [6.07, 6.45) is 0.983. The number of carbonyl (C=O) groups excluding carboxylic acids is 1. The van der Waals surface area contributed by atoms with E-state index >= 15 is 0 Å². The van der Waals surface area contributed by atoms with Crippen LogP contribution in [0, 0.1) is 0 Å². The van der Waals surface area contributed by atoms with Crippen molar-refractivity contribution in [3.05, 3.63) is 102 Å². The normalized spacial score (nSPS) is 11.8. The van der Waals surface area contributed by atoms with Gasteiger partial charge in [-0.2, -0.15) is 0 Å². The fourth-order valence-electron chi connectivity index (χ4n) is 3.28. The Morgan fingerprint density at radius 3 is 2.00 bits per heavy atom. The lowest BCUT2D eigenvalue weighted by molar-refractivity contribution is 0.0953. The van der Waals surface area contributed by atoms with E-state index in [-0.39, 0.29) is 17.9 Å². The van der Waals surface area contributed by atoms with Crippen molar-refractivity contribution in [2.45, 2.75) is 32.3 Å². The Morgan fingerprint density at radius 1 is 0.821 bits per heavy atom. The lowest BCUT2D eigenvalue weighted by Gasteiger charge is -2.19.